The van der Waals surface area contributed by atoms with Gasteiger partial charge >= 0.3 is 0 Å². The van der Waals surface area contributed by atoms with Crippen LogP contribution in [0.15, 0.2) is 24.3 Å². The summed E-state index contributed by atoms with van der Waals surface area (Å²) in [6, 6.07) is 6.19. The SMILES string of the molecule is CC(N)CC(=O)NCC(C)c1ccc(F)cc1.Cl. The predicted octanol–water partition coefficient (Wildman–Crippen LogP) is 2.20. The molecular formula is C13H20ClFN2O. The van der Waals surface area contributed by atoms with Crippen molar-refractivity contribution in [2.24, 2.45) is 5.73 Å². The van der Waals surface area contributed by atoms with Gasteiger partial charge in [-0.25, -0.2) is 4.39 Å². The number of hydrogen-bond donors (Lipinski definition) is 2. The van der Waals surface area contributed by atoms with E-state index in [1.54, 1.807) is 19.1 Å². The molecule has 3 N–H and O–H groups in total. The highest BCUT2D eigenvalue weighted by molar-refractivity contribution is 5.85. The maximum Gasteiger partial charge on any atom is 0.221 e. The number of carbonyl (C=O) groups excluding carboxylic acids is 1. The zero-order chi connectivity index (χ0) is 12.8. The number of halogens is 2. The maximum absolute atomic E-state index is 12.7. The van der Waals surface area contributed by atoms with Crippen LogP contribution in [-0.4, -0.2) is 18.5 Å². The van der Waals surface area contributed by atoms with Crippen LogP contribution in [0.1, 0.15) is 31.7 Å². The molecule has 0 saturated heterocycles. The largest absolute Gasteiger partial charge is 0.355 e. The third kappa shape index (κ3) is 5.98. The third-order valence-electron chi connectivity index (χ3n) is 2.55. The van der Waals surface area contributed by atoms with Crippen molar-refractivity contribution < 1.29 is 9.18 Å². The molecule has 3 nitrogen and oxygen atoms in total. The van der Waals surface area contributed by atoms with Gasteiger partial charge in [-0.3, -0.25) is 4.79 Å². The molecule has 0 bridgehead atoms. The van der Waals surface area contributed by atoms with Crippen molar-refractivity contribution >= 4 is 18.3 Å². The van der Waals surface area contributed by atoms with Gasteiger partial charge in [0.1, 0.15) is 5.82 Å². The normalized spacial score (nSPS) is 13.3. The summed E-state index contributed by atoms with van der Waals surface area (Å²) in [5, 5.41) is 2.81. The van der Waals surface area contributed by atoms with Crippen LogP contribution in [0.2, 0.25) is 0 Å². The summed E-state index contributed by atoms with van der Waals surface area (Å²) in [6.07, 6.45) is 0.330. The Morgan fingerprint density at radius 2 is 1.89 bits per heavy atom. The molecule has 0 fully saturated rings. The van der Waals surface area contributed by atoms with Gasteiger partial charge in [0.15, 0.2) is 0 Å². The van der Waals surface area contributed by atoms with E-state index in [9.17, 15) is 9.18 Å². The molecule has 0 spiro atoms. The molecule has 0 aliphatic rings. The van der Waals surface area contributed by atoms with Crippen molar-refractivity contribution in [1.82, 2.24) is 5.32 Å². The summed E-state index contributed by atoms with van der Waals surface area (Å²) < 4.78 is 12.7. The van der Waals surface area contributed by atoms with Gasteiger partial charge in [0.2, 0.25) is 5.91 Å². The van der Waals surface area contributed by atoms with Crippen LogP contribution in [-0.2, 0) is 4.79 Å². The smallest absolute Gasteiger partial charge is 0.221 e. The summed E-state index contributed by atoms with van der Waals surface area (Å²) >= 11 is 0. The Bertz CT molecular complexity index is 368. The number of benzene rings is 1. The topological polar surface area (TPSA) is 55.1 Å². The van der Waals surface area contributed by atoms with Crippen molar-refractivity contribution in [1.29, 1.82) is 0 Å². The van der Waals surface area contributed by atoms with Crippen LogP contribution < -0.4 is 11.1 Å². The van der Waals surface area contributed by atoms with Gasteiger partial charge in [0, 0.05) is 19.0 Å². The highest BCUT2D eigenvalue weighted by Gasteiger charge is 2.09. The van der Waals surface area contributed by atoms with Crippen LogP contribution >= 0.6 is 12.4 Å². The summed E-state index contributed by atoms with van der Waals surface area (Å²) in [5.74, 6) is -0.136. The van der Waals surface area contributed by atoms with Crippen LogP contribution in [0, 0.1) is 5.82 Å². The number of hydrogen-bond acceptors (Lipinski definition) is 2. The zero-order valence-corrected chi connectivity index (χ0v) is 11.5. The lowest BCUT2D eigenvalue weighted by Crippen LogP contribution is -2.32. The fourth-order valence-corrected chi connectivity index (χ4v) is 1.54. The van der Waals surface area contributed by atoms with E-state index in [1.807, 2.05) is 6.92 Å². The first kappa shape index (κ1) is 16.9. The van der Waals surface area contributed by atoms with Crippen LogP contribution in [0.25, 0.3) is 0 Å². The molecule has 2 unspecified atom stereocenters. The van der Waals surface area contributed by atoms with Gasteiger partial charge < -0.3 is 11.1 Å². The van der Waals surface area contributed by atoms with E-state index in [1.165, 1.54) is 12.1 Å². The minimum Gasteiger partial charge on any atom is -0.355 e. The second kappa shape index (κ2) is 8.06. The standard InChI is InChI=1S/C13H19FN2O.ClH/c1-9(8-16-13(17)7-10(2)15)11-3-5-12(14)6-4-11;/h3-6,9-10H,7-8,15H2,1-2H3,(H,16,17);1H. The minimum absolute atomic E-state index is 0. The van der Waals surface area contributed by atoms with Gasteiger partial charge in [0.25, 0.3) is 0 Å². The highest BCUT2D eigenvalue weighted by Crippen LogP contribution is 2.14. The monoisotopic (exact) mass is 274 g/mol. The van der Waals surface area contributed by atoms with Crippen LogP contribution in [0.4, 0.5) is 4.39 Å². The maximum atomic E-state index is 12.7. The lowest BCUT2D eigenvalue weighted by Gasteiger charge is -2.13. The van der Waals surface area contributed by atoms with Gasteiger partial charge in [-0.2, -0.15) is 0 Å². The van der Waals surface area contributed by atoms with Gasteiger partial charge in [0.05, 0.1) is 0 Å². The molecule has 1 rings (SSSR count). The minimum atomic E-state index is -0.248. The van der Waals surface area contributed by atoms with E-state index in [4.69, 9.17) is 5.73 Å². The second-order valence-corrected chi connectivity index (χ2v) is 4.44. The first-order valence-corrected chi connectivity index (χ1v) is 5.76. The number of nitrogens with two attached hydrogens (primary N) is 1. The van der Waals surface area contributed by atoms with Crippen molar-refractivity contribution in [2.45, 2.75) is 32.2 Å². The Hall–Kier alpha value is -1.13. The number of nitrogens with one attached hydrogen (secondary N) is 1. The molecule has 1 aromatic rings. The second-order valence-electron chi connectivity index (χ2n) is 4.44. The average Bonchev–Trinajstić information content (AvgIpc) is 2.26. The predicted molar refractivity (Wildman–Crippen MR) is 73.3 cm³/mol. The molecule has 0 radical (unpaired) electrons. The summed E-state index contributed by atoms with van der Waals surface area (Å²) in [7, 11) is 0. The zero-order valence-electron chi connectivity index (χ0n) is 10.7. The summed E-state index contributed by atoms with van der Waals surface area (Å²) in [5.41, 5.74) is 6.53. The lowest BCUT2D eigenvalue weighted by atomic mass is 10.0. The van der Waals surface area contributed by atoms with Crippen LogP contribution in [0.3, 0.4) is 0 Å². The molecular weight excluding hydrogens is 255 g/mol. The fraction of sp³-hybridized carbons (Fsp3) is 0.462. The highest BCUT2D eigenvalue weighted by atomic mass is 35.5. The first-order chi connectivity index (χ1) is 7.99. The Kier molecular flexibility index (Phi) is 7.55. The lowest BCUT2D eigenvalue weighted by molar-refractivity contribution is -0.121. The van der Waals surface area contributed by atoms with E-state index >= 15 is 0 Å². The Morgan fingerprint density at radius 3 is 2.39 bits per heavy atom. The van der Waals surface area contributed by atoms with Gasteiger partial charge in [-0.15, -0.1) is 12.4 Å². The number of carbonyl (C=O) groups is 1. The van der Waals surface area contributed by atoms with Crippen molar-refractivity contribution in [3.05, 3.63) is 35.6 Å². The van der Waals surface area contributed by atoms with E-state index in [2.05, 4.69) is 5.32 Å². The molecule has 0 aliphatic heterocycles. The quantitative estimate of drug-likeness (QED) is 0.865. The van der Waals surface area contributed by atoms with E-state index in [0.717, 1.165) is 5.56 Å². The molecule has 1 amide bonds. The number of rotatable bonds is 5. The van der Waals surface area contributed by atoms with Crippen molar-refractivity contribution in [3.63, 3.8) is 0 Å². The molecule has 5 heteroatoms. The molecule has 0 heterocycles. The Morgan fingerprint density at radius 1 is 1.33 bits per heavy atom. The number of amides is 1. The summed E-state index contributed by atoms with van der Waals surface area (Å²) in [6.45, 7) is 4.32. The molecule has 102 valence electrons. The molecule has 2 atom stereocenters. The molecule has 1 aromatic carbocycles. The van der Waals surface area contributed by atoms with Gasteiger partial charge in [-0.1, -0.05) is 19.1 Å². The van der Waals surface area contributed by atoms with Crippen molar-refractivity contribution in [2.75, 3.05) is 6.54 Å². The molecule has 0 saturated carbocycles. The molecule has 18 heavy (non-hydrogen) atoms. The first-order valence-electron chi connectivity index (χ1n) is 5.76. The molecule has 0 aliphatic carbocycles. The van der Waals surface area contributed by atoms with E-state index in [0.29, 0.717) is 13.0 Å². The van der Waals surface area contributed by atoms with Gasteiger partial charge in [-0.05, 0) is 30.5 Å². The fourth-order valence-electron chi connectivity index (χ4n) is 1.54. The van der Waals surface area contributed by atoms with Crippen LogP contribution in [0.5, 0.6) is 0 Å². The van der Waals surface area contributed by atoms with E-state index < -0.39 is 0 Å². The Labute approximate surface area is 113 Å². The van der Waals surface area contributed by atoms with E-state index in [-0.39, 0.29) is 36.1 Å². The Balaban J connectivity index is 0.00000289. The molecule has 0 aromatic heterocycles. The summed E-state index contributed by atoms with van der Waals surface area (Å²) in [4.78, 5) is 11.4. The third-order valence-corrected chi connectivity index (χ3v) is 2.55. The van der Waals surface area contributed by atoms with Crippen molar-refractivity contribution in [3.8, 4) is 0 Å². The average molecular weight is 275 g/mol.